The Hall–Kier alpha value is -4.75. The first-order chi connectivity index (χ1) is 19.4. The molecule has 0 fully saturated rings. The lowest BCUT2D eigenvalue weighted by Gasteiger charge is -2.28. The smallest absolute Gasteiger partial charge is 0.270 e. The lowest BCUT2D eigenvalue weighted by atomic mass is 9.84. The van der Waals surface area contributed by atoms with Gasteiger partial charge >= 0.3 is 0 Å². The Morgan fingerprint density at radius 2 is 1.45 bits per heavy atom. The Kier molecular flexibility index (Phi) is 8.03. The van der Waals surface area contributed by atoms with E-state index in [-0.39, 0.29) is 5.91 Å². The Balaban J connectivity index is 1.49. The van der Waals surface area contributed by atoms with Gasteiger partial charge in [-0.1, -0.05) is 84.4 Å². The van der Waals surface area contributed by atoms with Crippen LogP contribution in [0.4, 0.5) is 5.69 Å². The van der Waals surface area contributed by atoms with Crippen molar-refractivity contribution in [1.29, 1.82) is 0 Å². The molecule has 5 rings (SSSR count). The van der Waals surface area contributed by atoms with Crippen LogP contribution in [0.2, 0.25) is 5.02 Å². The number of hydrogen-bond donors (Lipinski definition) is 2. The van der Waals surface area contributed by atoms with E-state index in [9.17, 15) is 9.59 Å². The molecule has 0 saturated carbocycles. The molecule has 0 aliphatic carbocycles. The summed E-state index contributed by atoms with van der Waals surface area (Å²) in [5, 5.41) is 10.7. The predicted octanol–water partition coefficient (Wildman–Crippen LogP) is 6.01. The Labute approximate surface area is 237 Å². The summed E-state index contributed by atoms with van der Waals surface area (Å²) in [7, 11) is 1.69. The number of nitrogens with one attached hydrogen (secondary N) is 2. The topological polar surface area (TPSA) is 88.9 Å². The Bertz CT molecular complexity index is 1560. The zero-order valence-corrected chi connectivity index (χ0v) is 22.8. The van der Waals surface area contributed by atoms with Crippen molar-refractivity contribution in [2.45, 2.75) is 18.9 Å². The van der Waals surface area contributed by atoms with Crippen LogP contribution in [0.25, 0.3) is 11.1 Å². The van der Waals surface area contributed by atoms with E-state index in [1.807, 2.05) is 91.9 Å². The highest BCUT2D eigenvalue weighted by atomic mass is 35.5. The van der Waals surface area contributed by atoms with Crippen molar-refractivity contribution in [1.82, 2.24) is 20.1 Å². The summed E-state index contributed by atoms with van der Waals surface area (Å²) in [6.45, 7) is 1.90. The molecule has 2 aromatic heterocycles. The van der Waals surface area contributed by atoms with Crippen molar-refractivity contribution in [3.63, 3.8) is 0 Å². The number of halogens is 1. The number of hydrogen-bond acceptors (Lipinski definition) is 4. The van der Waals surface area contributed by atoms with Gasteiger partial charge in [0.1, 0.15) is 11.7 Å². The third-order valence-electron chi connectivity index (χ3n) is 6.80. The monoisotopic (exact) mass is 549 g/mol. The van der Waals surface area contributed by atoms with Crippen molar-refractivity contribution in [3.05, 3.63) is 137 Å². The maximum Gasteiger partial charge on any atom is 0.270 e. The minimum absolute atomic E-state index is 0.350. The number of anilines is 1. The van der Waals surface area contributed by atoms with Gasteiger partial charge in [-0.05, 0) is 47.9 Å². The fourth-order valence-corrected chi connectivity index (χ4v) is 5.13. The van der Waals surface area contributed by atoms with Gasteiger partial charge in [-0.3, -0.25) is 19.3 Å². The van der Waals surface area contributed by atoms with Crippen LogP contribution in [0.3, 0.4) is 0 Å². The largest absolute Gasteiger partial charge is 0.338 e. The molecule has 0 aliphatic rings. The summed E-state index contributed by atoms with van der Waals surface area (Å²) in [5.74, 6) is -1.19. The van der Waals surface area contributed by atoms with E-state index < -0.39 is 17.9 Å². The number of rotatable bonds is 8. The van der Waals surface area contributed by atoms with E-state index in [2.05, 4.69) is 20.7 Å². The van der Waals surface area contributed by atoms with E-state index in [4.69, 9.17) is 11.6 Å². The van der Waals surface area contributed by atoms with Gasteiger partial charge in [-0.2, -0.15) is 5.10 Å². The third-order valence-corrected chi connectivity index (χ3v) is 7.12. The fourth-order valence-electron chi connectivity index (χ4n) is 4.83. The van der Waals surface area contributed by atoms with E-state index in [0.29, 0.717) is 16.4 Å². The molecule has 0 radical (unpaired) electrons. The van der Waals surface area contributed by atoms with Gasteiger partial charge in [-0.15, -0.1) is 0 Å². The van der Waals surface area contributed by atoms with Crippen LogP contribution >= 0.6 is 11.6 Å². The number of aromatic nitrogens is 3. The summed E-state index contributed by atoms with van der Waals surface area (Å²) in [4.78, 5) is 31.7. The first-order valence-corrected chi connectivity index (χ1v) is 13.2. The highest BCUT2D eigenvalue weighted by Crippen LogP contribution is 2.32. The van der Waals surface area contributed by atoms with Gasteiger partial charge in [0, 0.05) is 42.3 Å². The van der Waals surface area contributed by atoms with Gasteiger partial charge in [0.2, 0.25) is 5.91 Å². The number of carbonyl (C=O) groups is 2. The molecule has 8 heteroatoms. The number of aryl methyl sites for hydroxylation is 2. The summed E-state index contributed by atoms with van der Waals surface area (Å²) in [6.07, 6.45) is 3.22. The van der Waals surface area contributed by atoms with Crippen molar-refractivity contribution >= 4 is 29.1 Å². The molecule has 200 valence electrons. The molecule has 7 nitrogen and oxygen atoms in total. The molecular weight excluding hydrogens is 522 g/mol. The summed E-state index contributed by atoms with van der Waals surface area (Å²) in [5.41, 5.74) is 5.29. The van der Waals surface area contributed by atoms with Crippen LogP contribution in [-0.2, 0) is 11.8 Å². The second kappa shape index (κ2) is 12.0. The van der Waals surface area contributed by atoms with Crippen LogP contribution in [0.1, 0.15) is 33.2 Å². The van der Waals surface area contributed by atoms with Crippen LogP contribution in [0.15, 0.2) is 109 Å². The van der Waals surface area contributed by atoms with Crippen molar-refractivity contribution < 1.29 is 9.59 Å². The normalized spacial score (nSPS) is 11.7. The molecule has 0 spiro atoms. The molecule has 0 aliphatic heterocycles. The van der Waals surface area contributed by atoms with E-state index >= 15 is 0 Å². The van der Waals surface area contributed by atoms with E-state index in [1.54, 1.807) is 31.6 Å². The molecular formula is C32H28ClN5O2. The molecule has 0 bridgehead atoms. The van der Waals surface area contributed by atoms with E-state index in [0.717, 1.165) is 27.9 Å². The van der Waals surface area contributed by atoms with Crippen molar-refractivity contribution in [3.8, 4) is 11.1 Å². The summed E-state index contributed by atoms with van der Waals surface area (Å²) < 4.78 is 1.48. The first-order valence-electron chi connectivity index (χ1n) is 12.8. The number of nitrogens with zero attached hydrogens (tertiary/aromatic N) is 3. The molecule has 2 amide bonds. The molecule has 3 aromatic carbocycles. The zero-order valence-electron chi connectivity index (χ0n) is 22.1. The number of amides is 2. The van der Waals surface area contributed by atoms with E-state index in [1.165, 1.54) is 4.68 Å². The van der Waals surface area contributed by atoms with Gasteiger partial charge in [0.15, 0.2) is 0 Å². The van der Waals surface area contributed by atoms with Crippen LogP contribution in [0.5, 0.6) is 0 Å². The molecule has 2 N–H and O–H groups in total. The minimum Gasteiger partial charge on any atom is -0.338 e. The maximum atomic E-state index is 14.0. The first kappa shape index (κ1) is 26.8. The Morgan fingerprint density at radius 1 is 0.825 bits per heavy atom. The lowest BCUT2D eigenvalue weighted by Crippen LogP contribution is -2.48. The third kappa shape index (κ3) is 5.80. The summed E-state index contributed by atoms with van der Waals surface area (Å²) >= 11 is 6.43. The molecule has 5 aromatic rings. The second-order valence-electron chi connectivity index (χ2n) is 9.41. The van der Waals surface area contributed by atoms with Crippen LogP contribution in [-0.4, -0.2) is 32.6 Å². The van der Waals surface area contributed by atoms with Gasteiger partial charge in [-0.25, -0.2) is 0 Å². The highest BCUT2D eigenvalue weighted by molar-refractivity contribution is 6.33. The minimum atomic E-state index is -0.929. The molecule has 0 unspecified atom stereocenters. The van der Waals surface area contributed by atoms with Crippen molar-refractivity contribution in [2.24, 2.45) is 7.05 Å². The molecule has 1 atom stereocenters. The quantitative estimate of drug-likeness (QED) is 0.248. The number of pyridine rings is 1. The van der Waals surface area contributed by atoms with Crippen LogP contribution < -0.4 is 10.6 Å². The zero-order chi connectivity index (χ0) is 28.1. The predicted molar refractivity (Wildman–Crippen MR) is 157 cm³/mol. The standard InChI is InChI=1S/C32H28ClN5O2/c1-21-28(26(33)17-19-34-21)24-13-15-25(16-14-24)36-32(40)30(37-31(39)27-18-20-35-38(27)2)29(22-9-5-3-6-10-22)23-11-7-4-8-12-23/h3-20,29-30H,1-2H3,(H,36,40)(H,37,39)/t30-/m0/s1. The average molecular weight is 550 g/mol. The lowest BCUT2D eigenvalue weighted by molar-refractivity contribution is -0.118. The van der Waals surface area contributed by atoms with Crippen LogP contribution in [0, 0.1) is 6.92 Å². The van der Waals surface area contributed by atoms with Gasteiger partial charge in [0.05, 0.1) is 5.02 Å². The molecule has 40 heavy (non-hydrogen) atoms. The van der Waals surface area contributed by atoms with Gasteiger partial charge < -0.3 is 10.6 Å². The van der Waals surface area contributed by atoms with Gasteiger partial charge in [0.25, 0.3) is 5.91 Å². The average Bonchev–Trinajstić information content (AvgIpc) is 3.40. The Morgan fingerprint density at radius 3 is 2.00 bits per heavy atom. The van der Waals surface area contributed by atoms with Crippen molar-refractivity contribution in [2.75, 3.05) is 5.32 Å². The second-order valence-corrected chi connectivity index (χ2v) is 9.82. The number of carbonyl (C=O) groups excluding carboxylic acids is 2. The summed E-state index contributed by atoms with van der Waals surface area (Å²) in [6, 6.07) is 29.2. The SMILES string of the molecule is Cc1nccc(Cl)c1-c1ccc(NC(=O)[C@@H](NC(=O)c2ccnn2C)C(c2ccccc2)c2ccccc2)cc1. The fraction of sp³-hybridized carbons (Fsp3) is 0.125. The number of benzene rings is 3. The maximum absolute atomic E-state index is 14.0. The molecule has 2 heterocycles. The molecule has 0 saturated heterocycles. The highest BCUT2D eigenvalue weighted by Gasteiger charge is 2.33.